The number of aryl methyl sites for hydroxylation is 1. The van der Waals surface area contributed by atoms with Crippen LogP contribution in [0.15, 0.2) is 30.7 Å². The molecule has 0 unspecified atom stereocenters. The zero-order valence-corrected chi connectivity index (χ0v) is 8.64. The first-order chi connectivity index (χ1) is 7.66. The maximum atomic E-state index is 13.5. The molecule has 0 saturated carbocycles. The summed E-state index contributed by atoms with van der Waals surface area (Å²) < 4.78 is 18.7. The van der Waals surface area contributed by atoms with Crippen molar-refractivity contribution in [1.82, 2.24) is 9.97 Å². The largest absolute Gasteiger partial charge is 0.434 e. The molecule has 0 fully saturated rings. The van der Waals surface area contributed by atoms with E-state index in [0.29, 0.717) is 5.69 Å². The fourth-order valence-corrected chi connectivity index (χ4v) is 1.20. The number of anilines is 1. The standard InChI is InChI=1S/C11H10FN3O/c1-7-4-10(8(12)5-9(7)13)16-11-6-14-2-3-15-11/h2-6H,13H2,1H3. The van der Waals surface area contributed by atoms with Gasteiger partial charge in [0.05, 0.1) is 6.20 Å². The molecule has 4 nitrogen and oxygen atoms in total. The maximum Gasteiger partial charge on any atom is 0.237 e. The van der Waals surface area contributed by atoms with Crippen LogP contribution in [-0.4, -0.2) is 9.97 Å². The van der Waals surface area contributed by atoms with Crippen LogP contribution < -0.4 is 10.5 Å². The molecule has 0 aliphatic heterocycles. The van der Waals surface area contributed by atoms with Crippen molar-refractivity contribution in [2.75, 3.05) is 5.73 Å². The lowest BCUT2D eigenvalue weighted by atomic mass is 10.2. The third-order valence-corrected chi connectivity index (χ3v) is 2.07. The zero-order valence-electron chi connectivity index (χ0n) is 8.64. The summed E-state index contributed by atoms with van der Waals surface area (Å²) in [5.41, 5.74) is 6.70. The van der Waals surface area contributed by atoms with Gasteiger partial charge in [-0.15, -0.1) is 0 Å². The highest BCUT2D eigenvalue weighted by Crippen LogP contribution is 2.26. The smallest absolute Gasteiger partial charge is 0.237 e. The van der Waals surface area contributed by atoms with Crippen LogP contribution in [0.2, 0.25) is 0 Å². The SMILES string of the molecule is Cc1cc(Oc2cnccn2)c(F)cc1N. The molecule has 2 rings (SSSR count). The highest BCUT2D eigenvalue weighted by atomic mass is 19.1. The van der Waals surface area contributed by atoms with Crippen molar-refractivity contribution in [3.63, 3.8) is 0 Å². The molecule has 0 amide bonds. The average Bonchev–Trinajstić information content (AvgIpc) is 2.27. The Morgan fingerprint density at radius 2 is 2.12 bits per heavy atom. The summed E-state index contributed by atoms with van der Waals surface area (Å²) >= 11 is 0. The average molecular weight is 219 g/mol. The molecular weight excluding hydrogens is 209 g/mol. The van der Waals surface area contributed by atoms with Gasteiger partial charge >= 0.3 is 0 Å². The third-order valence-electron chi connectivity index (χ3n) is 2.07. The highest BCUT2D eigenvalue weighted by molar-refractivity contribution is 5.50. The molecule has 1 aromatic heterocycles. The lowest BCUT2D eigenvalue weighted by Gasteiger charge is -2.07. The van der Waals surface area contributed by atoms with Crippen molar-refractivity contribution in [3.05, 3.63) is 42.1 Å². The molecule has 1 heterocycles. The number of nitrogen functional groups attached to an aromatic ring is 1. The summed E-state index contributed by atoms with van der Waals surface area (Å²) in [5.74, 6) is -0.188. The second kappa shape index (κ2) is 4.14. The Morgan fingerprint density at radius 1 is 1.31 bits per heavy atom. The molecule has 5 heteroatoms. The minimum atomic E-state index is -0.520. The molecule has 0 spiro atoms. The van der Waals surface area contributed by atoms with Crippen molar-refractivity contribution >= 4 is 5.69 Å². The van der Waals surface area contributed by atoms with Crippen molar-refractivity contribution in [3.8, 4) is 11.6 Å². The summed E-state index contributed by atoms with van der Waals surface area (Å²) in [6, 6.07) is 2.75. The van der Waals surface area contributed by atoms with E-state index in [1.54, 1.807) is 6.92 Å². The second-order valence-corrected chi connectivity index (χ2v) is 3.28. The summed E-state index contributed by atoms with van der Waals surface area (Å²) in [7, 11) is 0. The number of nitrogens with zero attached hydrogens (tertiary/aromatic N) is 2. The first-order valence-corrected chi connectivity index (χ1v) is 4.66. The molecule has 0 bridgehead atoms. The predicted octanol–water partition coefficient (Wildman–Crippen LogP) is 2.30. The van der Waals surface area contributed by atoms with Gasteiger partial charge in [0.1, 0.15) is 0 Å². The van der Waals surface area contributed by atoms with Gasteiger partial charge in [-0.1, -0.05) is 0 Å². The summed E-state index contributed by atoms with van der Waals surface area (Å²) in [6.45, 7) is 1.78. The Hall–Kier alpha value is -2.17. The van der Waals surface area contributed by atoms with Crippen molar-refractivity contribution < 1.29 is 9.13 Å². The van der Waals surface area contributed by atoms with Crippen LogP contribution in [0.5, 0.6) is 11.6 Å². The number of hydrogen-bond acceptors (Lipinski definition) is 4. The Morgan fingerprint density at radius 3 is 2.81 bits per heavy atom. The summed E-state index contributed by atoms with van der Waals surface area (Å²) in [6.07, 6.45) is 4.39. The van der Waals surface area contributed by atoms with E-state index in [-0.39, 0.29) is 11.6 Å². The lowest BCUT2D eigenvalue weighted by molar-refractivity contribution is 0.425. The molecule has 0 radical (unpaired) electrons. The van der Waals surface area contributed by atoms with Crippen LogP contribution >= 0.6 is 0 Å². The molecule has 2 aromatic rings. The summed E-state index contributed by atoms with van der Waals surface area (Å²) in [4.78, 5) is 7.70. The first-order valence-electron chi connectivity index (χ1n) is 4.66. The van der Waals surface area contributed by atoms with Crippen molar-refractivity contribution in [1.29, 1.82) is 0 Å². The van der Waals surface area contributed by atoms with E-state index in [4.69, 9.17) is 10.5 Å². The molecule has 82 valence electrons. The molecule has 2 N–H and O–H groups in total. The molecule has 0 saturated heterocycles. The van der Waals surface area contributed by atoms with Gasteiger partial charge in [0.15, 0.2) is 11.6 Å². The van der Waals surface area contributed by atoms with Crippen molar-refractivity contribution in [2.45, 2.75) is 6.92 Å². The Kier molecular flexibility index (Phi) is 2.68. The quantitative estimate of drug-likeness (QED) is 0.787. The van der Waals surface area contributed by atoms with Gasteiger partial charge < -0.3 is 10.5 Å². The minimum absolute atomic E-state index is 0.0900. The van der Waals surface area contributed by atoms with Gasteiger partial charge in [-0.3, -0.25) is 4.98 Å². The first kappa shape index (κ1) is 10.4. The Labute approximate surface area is 91.9 Å². The molecule has 0 atom stereocenters. The van der Waals surface area contributed by atoms with Crippen LogP contribution in [0.4, 0.5) is 10.1 Å². The number of nitrogens with two attached hydrogens (primary N) is 1. The van der Waals surface area contributed by atoms with Gasteiger partial charge in [0.25, 0.3) is 0 Å². The Bertz CT molecular complexity index is 502. The minimum Gasteiger partial charge on any atom is -0.434 e. The third kappa shape index (κ3) is 2.08. The monoisotopic (exact) mass is 219 g/mol. The van der Waals surface area contributed by atoms with E-state index in [0.717, 1.165) is 5.56 Å². The molecule has 1 aromatic carbocycles. The second-order valence-electron chi connectivity index (χ2n) is 3.28. The molecular formula is C11H10FN3O. The van der Waals surface area contributed by atoms with E-state index < -0.39 is 5.82 Å². The molecule has 0 aliphatic rings. The van der Waals surface area contributed by atoms with E-state index in [1.807, 2.05) is 0 Å². The van der Waals surface area contributed by atoms with E-state index in [2.05, 4.69) is 9.97 Å². The van der Waals surface area contributed by atoms with Crippen LogP contribution in [-0.2, 0) is 0 Å². The topological polar surface area (TPSA) is 61.0 Å². The lowest BCUT2D eigenvalue weighted by Crippen LogP contribution is -1.95. The van der Waals surface area contributed by atoms with Crippen LogP contribution in [0.25, 0.3) is 0 Å². The number of halogens is 1. The summed E-state index contributed by atoms with van der Waals surface area (Å²) in [5, 5.41) is 0. The van der Waals surface area contributed by atoms with Gasteiger partial charge in [0.2, 0.25) is 5.88 Å². The fourth-order valence-electron chi connectivity index (χ4n) is 1.20. The van der Waals surface area contributed by atoms with E-state index >= 15 is 0 Å². The molecule has 0 aliphatic carbocycles. The van der Waals surface area contributed by atoms with Gasteiger partial charge in [-0.2, -0.15) is 0 Å². The number of hydrogen-bond donors (Lipinski definition) is 1. The van der Waals surface area contributed by atoms with Crippen LogP contribution in [0, 0.1) is 12.7 Å². The predicted molar refractivity (Wildman–Crippen MR) is 57.7 cm³/mol. The number of rotatable bonds is 2. The normalized spacial score (nSPS) is 10.1. The van der Waals surface area contributed by atoms with E-state index in [1.165, 1.54) is 30.7 Å². The van der Waals surface area contributed by atoms with E-state index in [9.17, 15) is 4.39 Å². The van der Waals surface area contributed by atoms with Gasteiger partial charge in [-0.05, 0) is 18.6 Å². The molecule has 16 heavy (non-hydrogen) atoms. The van der Waals surface area contributed by atoms with Crippen LogP contribution in [0.3, 0.4) is 0 Å². The maximum absolute atomic E-state index is 13.5. The number of ether oxygens (including phenoxy) is 1. The van der Waals surface area contributed by atoms with Gasteiger partial charge in [0, 0.05) is 24.1 Å². The van der Waals surface area contributed by atoms with Gasteiger partial charge in [-0.25, -0.2) is 9.37 Å². The fraction of sp³-hybridized carbons (Fsp3) is 0.0909. The number of benzene rings is 1. The Balaban J connectivity index is 2.32. The van der Waals surface area contributed by atoms with Crippen LogP contribution in [0.1, 0.15) is 5.56 Å². The highest BCUT2D eigenvalue weighted by Gasteiger charge is 2.08. The van der Waals surface area contributed by atoms with Crippen molar-refractivity contribution in [2.24, 2.45) is 0 Å². The number of aromatic nitrogens is 2. The zero-order chi connectivity index (χ0) is 11.5.